The first-order valence-corrected chi connectivity index (χ1v) is 10.8. The highest BCUT2D eigenvalue weighted by Gasteiger charge is 2.47. The SMILES string of the molecule is COc1cccc(C2/C(=C(/O)c3ccc4c(c3)OCO4)C(=O)C(=O)N2c2cc(C)cc(C)c2)c1. The number of aliphatic hydroxyl groups is 1. The average Bonchev–Trinajstić information content (AvgIpc) is 3.40. The molecule has 0 saturated carbocycles. The lowest BCUT2D eigenvalue weighted by atomic mass is 9.94. The number of fused-ring (bicyclic) bond motifs is 1. The van der Waals surface area contributed by atoms with Gasteiger partial charge in [-0.05, 0) is 73.0 Å². The first-order valence-electron chi connectivity index (χ1n) is 10.8. The normalized spacial score (nSPS) is 18.4. The Kier molecular flexibility index (Phi) is 5.24. The number of carbonyl (C=O) groups is 2. The fraction of sp³-hybridized carbons (Fsp3) is 0.185. The molecule has 7 heteroatoms. The third-order valence-electron chi connectivity index (χ3n) is 5.98. The van der Waals surface area contributed by atoms with E-state index in [0.29, 0.717) is 34.1 Å². The van der Waals surface area contributed by atoms with Crippen LogP contribution in [0.15, 0.2) is 66.2 Å². The number of Topliss-reactive ketones (excluding diaryl/α,β-unsaturated/α-hetero) is 1. The molecule has 1 saturated heterocycles. The van der Waals surface area contributed by atoms with Gasteiger partial charge in [0.05, 0.1) is 18.7 Å². The Bertz CT molecular complexity index is 1340. The van der Waals surface area contributed by atoms with E-state index in [9.17, 15) is 14.7 Å². The highest BCUT2D eigenvalue weighted by molar-refractivity contribution is 6.51. The second-order valence-electron chi connectivity index (χ2n) is 8.36. The average molecular weight is 457 g/mol. The highest BCUT2D eigenvalue weighted by atomic mass is 16.7. The van der Waals surface area contributed by atoms with E-state index in [0.717, 1.165) is 11.1 Å². The van der Waals surface area contributed by atoms with Gasteiger partial charge in [-0.1, -0.05) is 18.2 Å². The molecule has 0 radical (unpaired) electrons. The summed E-state index contributed by atoms with van der Waals surface area (Å²) in [5, 5.41) is 11.3. The van der Waals surface area contributed by atoms with Gasteiger partial charge < -0.3 is 19.3 Å². The topological polar surface area (TPSA) is 85.3 Å². The molecule has 1 N–H and O–H groups in total. The van der Waals surface area contributed by atoms with Crippen LogP contribution in [0.2, 0.25) is 0 Å². The number of hydrogen-bond donors (Lipinski definition) is 1. The van der Waals surface area contributed by atoms with Crippen molar-refractivity contribution in [3.8, 4) is 17.2 Å². The van der Waals surface area contributed by atoms with E-state index in [1.807, 2.05) is 38.1 Å². The van der Waals surface area contributed by atoms with Gasteiger partial charge in [0, 0.05) is 11.3 Å². The van der Waals surface area contributed by atoms with Crippen molar-refractivity contribution in [2.75, 3.05) is 18.8 Å². The second kappa shape index (κ2) is 8.26. The fourth-order valence-corrected chi connectivity index (χ4v) is 4.51. The predicted molar refractivity (Wildman–Crippen MR) is 126 cm³/mol. The summed E-state index contributed by atoms with van der Waals surface area (Å²) in [7, 11) is 1.55. The van der Waals surface area contributed by atoms with Gasteiger partial charge in [0.2, 0.25) is 6.79 Å². The Labute approximate surface area is 196 Å². The molecular formula is C27H23NO6. The Morgan fingerprint density at radius 2 is 1.71 bits per heavy atom. The molecule has 0 aromatic heterocycles. The van der Waals surface area contributed by atoms with Crippen LogP contribution in [0, 0.1) is 13.8 Å². The molecule has 2 aliphatic heterocycles. The van der Waals surface area contributed by atoms with Gasteiger partial charge in [0.25, 0.3) is 11.7 Å². The number of benzene rings is 3. The van der Waals surface area contributed by atoms with Crippen molar-refractivity contribution in [3.05, 3.63) is 88.5 Å². The standard InChI is InChI=1S/C27H23NO6/c1-15-9-16(2)11-19(10-15)28-24(17-5-4-6-20(12-17)32-3)23(26(30)27(28)31)25(29)18-7-8-21-22(13-18)34-14-33-21/h4-13,24,29H,14H2,1-3H3/b25-23-. The van der Waals surface area contributed by atoms with Crippen LogP contribution in [-0.2, 0) is 9.59 Å². The van der Waals surface area contributed by atoms with Crippen LogP contribution in [0.25, 0.3) is 5.76 Å². The van der Waals surface area contributed by atoms with Crippen molar-refractivity contribution in [1.82, 2.24) is 0 Å². The minimum atomic E-state index is -0.846. The molecule has 1 fully saturated rings. The first kappa shape index (κ1) is 21.6. The van der Waals surface area contributed by atoms with Crippen molar-refractivity contribution >= 4 is 23.1 Å². The van der Waals surface area contributed by atoms with Crippen LogP contribution in [0.4, 0.5) is 5.69 Å². The van der Waals surface area contributed by atoms with E-state index >= 15 is 0 Å². The van der Waals surface area contributed by atoms with E-state index in [-0.39, 0.29) is 18.1 Å². The van der Waals surface area contributed by atoms with Crippen molar-refractivity contribution in [1.29, 1.82) is 0 Å². The second-order valence-corrected chi connectivity index (χ2v) is 8.36. The largest absolute Gasteiger partial charge is 0.507 e. The van der Waals surface area contributed by atoms with E-state index in [4.69, 9.17) is 14.2 Å². The molecule has 0 aliphatic carbocycles. The smallest absolute Gasteiger partial charge is 0.300 e. The van der Waals surface area contributed by atoms with Gasteiger partial charge in [-0.3, -0.25) is 14.5 Å². The predicted octanol–water partition coefficient (Wildman–Crippen LogP) is 4.67. The van der Waals surface area contributed by atoms with Crippen molar-refractivity contribution in [2.45, 2.75) is 19.9 Å². The molecule has 0 bridgehead atoms. The van der Waals surface area contributed by atoms with Crippen LogP contribution in [0.5, 0.6) is 17.2 Å². The number of aryl methyl sites for hydroxylation is 2. The van der Waals surface area contributed by atoms with E-state index in [1.54, 1.807) is 43.5 Å². The molecule has 34 heavy (non-hydrogen) atoms. The fourth-order valence-electron chi connectivity index (χ4n) is 4.51. The minimum absolute atomic E-state index is 0.00345. The summed E-state index contributed by atoms with van der Waals surface area (Å²) >= 11 is 0. The summed E-state index contributed by atoms with van der Waals surface area (Å²) in [6.45, 7) is 3.95. The summed E-state index contributed by atoms with van der Waals surface area (Å²) in [4.78, 5) is 28.1. The van der Waals surface area contributed by atoms with Crippen LogP contribution in [0.3, 0.4) is 0 Å². The molecule has 5 rings (SSSR count). The minimum Gasteiger partial charge on any atom is -0.507 e. The Balaban J connectivity index is 1.73. The van der Waals surface area contributed by atoms with Crippen LogP contribution in [-0.4, -0.2) is 30.7 Å². The molecule has 1 atom stereocenters. The van der Waals surface area contributed by atoms with Gasteiger partial charge in [0.1, 0.15) is 11.5 Å². The maximum absolute atomic E-state index is 13.4. The van der Waals surface area contributed by atoms with Gasteiger partial charge in [-0.15, -0.1) is 0 Å². The number of aliphatic hydroxyl groups excluding tert-OH is 1. The van der Waals surface area contributed by atoms with Gasteiger partial charge in [-0.25, -0.2) is 0 Å². The summed E-state index contributed by atoms with van der Waals surface area (Å²) in [6, 6.07) is 16.9. The maximum Gasteiger partial charge on any atom is 0.300 e. The van der Waals surface area contributed by atoms with Crippen LogP contribution >= 0.6 is 0 Å². The number of carbonyl (C=O) groups excluding carboxylic acids is 2. The molecule has 172 valence electrons. The summed E-state index contributed by atoms with van der Waals surface area (Å²) in [5.41, 5.74) is 3.48. The number of ether oxygens (including phenoxy) is 3. The lowest BCUT2D eigenvalue weighted by Gasteiger charge is -2.26. The third kappa shape index (κ3) is 3.55. The quantitative estimate of drug-likeness (QED) is 0.348. The zero-order valence-corrected chi connectivity index (χ0v) is 19.0. The van der Waals surface area contributed by atoms with Gasteiger partial charge in [-0.2, -0.15) is 0 Å². The van der Waals surface area contributed by atoms with Crippen LogP contribution in [0.1, 0.15) is 28.3 Å². The molecule has 1 amide bonds. The molecule has 3 aromatic carbocycles. The number of methoxy groups -OCH3 is 1. The molecule has 2 heterocycles. The first-order chi connectivity index (χ1) is 16.4. The molecule has 3 aromatic rings. The number of hydrogen-bond acceptors (Lipinski definition) is 6. The van der Waals surface area contributed by atoms with E-state index < -0.39 is 17.7 Å². The van der Waals surface area contributed by atoms with Gasteiger partial charge >= 0.3 is 0 Å². The highest BCUT2D eigenvalue weighted by Crippen LogP contribution is 2.44. The number of rotatable bonds is 4. The summed E-state index contributed by atoms with van der Waals surface area (Å²) < 4.78 is 16.2. The van der Waals surface area contributed by atoms with Crippen LogP contribution < -0.4 is 19.1 Å². The van der Waals surface area contributed by atoms with E-state index in [1.165, 1.54) is 4.90 Å². The number of anilines is 1. The maximum atomic E-state index is 13.4. The van der Waals surface area contributed by atoms with Crippen molar-refractivity contribution < 1.29 is 28.9 Å². The Morgan fingerprint density at radius 3 is 2.44 bits per heavy atom. The lowest BCUT2D eigenvalue weighted by Crippen LogP contribution is -2.29. The molecule has 2 aliphatic rings. The lowest BCUT2D eigenvalue weighted by molar-refractivity contribution is -0.132. The van der Waals surface area contributed by atoms with Crippen molar-refractivity contribution in [3.63, 3.8) is 0 Å². The monoisotopic (exact) mass is 457 g/mol. The zero-order chi connectivity index (χ0) is 24.0. The Morgan fingerprint density at radius 1 is 0.971 bits per heavy atom. The number of amides is 1. The third-order valence-corrected chi connectivity index (χ3v) is 5.98. The molecular weight excluding hydrogens is 434 g/mol. The zero-order valence-electron chi connectivity index (χ0n) is 19.0. The molecule has 1 unspecified atom stereocenters. The Hall–Kier alpha value is -4.26. The summed E-state index contributed by atoms with van der Waals surface area (Å²) in [5.74, 6) is -0.160. The molecule has 0 spiro atoms. The number of ketones is 1. The van der Waals surface area contributed by atoms with E-state index in [2.05, 4.69) is 0 Å². The summed E-state index contributed by atoms with van der Waals surface area (Å²) in [6.07, 6.45) is 0. The van der Waals surface area contributed by atoms with Gasteiger partial charge in [0.15, 0.2) is 11.5 Å². The molecule has 7 nitrogen and oxygen atoms in total. The number of nitrogens with zero attached hydrogens (tertiary/aromatic N) is 1. The van der Waals surface area contributed by atoms with Crippen molar-refractivity contribution in [2.24, 2.45) is 0 Å².